The summed E-state index contributed by atoms with van der Waals surface area (Å²) in [6.45, 7) is 7.59. The standard InChI is InChI=1S/C11H25P/c1-11-7-5-4-6-9-12(2,3)10-8-11/h11-12H,4-10H2,1-3H3. The summed E-state index contributed by atoms with van der Waals surface area (Å²) in [7, 11) is -0.747. The van der Waals surface area contributed by atoms with Crippen molar-refractivity contribution in [2.75, 3.05) is 25.7 Å². The molecule has 0 aromatic rings. The molecule has 1 aliphatic rings. The van der Waals surface area contributed by atoms with Gasteiger partial charge in [-0.1, -0.05) is 0 Å². The number of hydrogen-bond acceptors (Lipinski definition) is 0. The van der Waals surface area contributed by atoms with Crippen molar-refractivity contribution < 1.29 is 0 Å². The average molecular weight is 188 g/mol. The van der Waals surface area contributed by atoms with E-state index in [2.05, 4.69) is 20.3 Å². The minimum absolute atomic E-state index is 0.747. The molecule has 1 heterocycles. The fourth-order valence-corrected chi connectivity index (χ4v) is 4.91. The molecular weight excluding hydrogens is 163 g/mol. The van der Waals surface area contributed by atoms with Gasteiger partial charge >= 0.3 is 77.9 Å². The first-order valence-corrected chi connectivity index (χ1v) is 9.02. The molecule has 1 saturated heterocycles. The Hall–Kier alpha value is 0.430. The van der Waals surface area contributed by atoms with Gasteiger partial charge in [-0.15, -0.1) is 0 Å². The molecule has 0 saturated carbocycles. The normalized spacial score (nSPS) is 34.4. The molecule has 12 heavy (non-hydrogen) atoms. The molecule has 74 valence electrons. The Kier molecular flexibility index (Phi) is 4.03. The molecule has 0 N–H and O–H groups in total. The van der Waals surface area contributed by atoms with Crippen LogP contribution in [-0.4, -0.2) is 25.7 Å². The second-order valence-electron chi connectivity index (χ2n) is 5.41. The van der Waals surface area contributed by atoms with Crippen LogP contribution in [0, 0.1) is 5.92 Å². The van der Waals surface area contributed by atoms with Crippen LogP contribution in [0.3, 0.4) is 0 Å². The van der Waals surface area contributed by atoms with Gasteiger partial charge in [0.15, 0.2) is 0 Å². The summed E-state index contributed by atoms with van der Waals surface area (Å²) in [6, 6.07) is 0. The van der Waals surface area contributed by atoms with Crippen LogP contribution in [0.15, 0.2) is 0 Å². The van der Waals surface area contributed by atoms with Crippen LogP contribution in [0.25, 0.3) is 0 Å². The third kappa shape index (κ3) is 3.90. The topological polar surface area (TPSA) is 0 Å². The molecule has 1 fully saturated rings. The van der Waals surface area contributed by atoms with Crippen LogP contribution in [0.1, 0.15) is 39.0 Å². The molecule has 1 aliphatic heterocycles. The van der Waals surface area contributed by atoms with E-state index in [1.165, 1.54) is 32.1 Å². The van der Waals surface area contributed by atoms with Crippen LogP contribution in [0.5, 0.6) is 0 Å². The molecule has 1 rings (SSSR count). The van der Waals surface area contributed by atoms with Crippen molar-refractivity contribution in [2.45, 2.75) is 39.0 Å². The number of hydrogen-bond donors (Lipinski definition) is 0. The Balaban J connectivity index is 2.40. The minimum atomic E-state index is -0.747. The third-order valence-electron chi connectivity index (χ3n) is 3.36. The first-order chi connectivity index (χ1) is 5.60. The van der Waals surface area contributed by atoms with Crippen molar-refractivity contribution in [1.82, 2.24) is 0 Å². The molecule has 0 aromatic carbocycles. The molecule has 0 aromatic heterocycles. The van der Waals surface area contributed by atoms with Gasteiger partial charge in [-0.05, 0) is 0 Å². The third-order valence-corrected chi connectivity index (χ3v) is 6.71. The van der Waals surface area contributed by atoms with E-state index in [9.17, 15) is 0 Å². The monoisotopic (exact) mass is 188 g/mol. The van der Waals surface area contributed by atoms with Crippen LogP contribution in [0.2, 0.25) is 0 Å². The van der Waals surface area contributed by atoms with Gasteiger partial charge in [0.05, 0.1) is 0 Å². The fraction of sp³-hybridized carbons (Fsp3) is 1.00. The maximum absolute atomic E-state index is 2.57. The molecule has 0 bridgehead atoms. The van der Waals surface area contributed by atoms with Crippen molar-refractivity contribution in [3.63, 3.8) is 0 Å². The van der Waals surface area contributed by atoms with E-state index in [-0.39, 0.29) is 0 Å². The van der Waals surface area contributed by atoms with Gasteiger partial charge in [0.1, 0.15) is 0 Å². The Morgan fingerprint density at radius 1 is 0.917 bits per heavy atom. The molecule has 1 unspecified atom stereocenters. The fourth-order valence-electron chi connectivity index (χ4n) is 2.18. The van der Waals surface area contributed by atoms with Gasteiger partial charge in [0, 0.05) is 0 Å². The van der Waals surface area contributed by atoms with Gasteiger partial charge in [0.2, 0.25) is 0 Å². The van der Waals surface area contributed by atoms with Crippen molar-refractivity contribution in [3.05, 3.63) is 0 Å². The Labute approximate surface area is 78.5 Å². The van der Waals surface area contributed by atoms with E-state index in [4.69, 9.17) is 0 Å². The van der Waals surface area contributed by atoms with E-state index in [0.717, 1.165) is 5.92 Å². The van der Waals surface area contributed by atoms with Crippen molar-refractivity contribution in [2.24, 2.45) is 5.92 Å². The van der Waals surface area contributed by atoms with Crippen molar-refractivity contribution in [1.29, 1.82) is 0 Å². The Bertz CT molecular complexity index is 129. The summed E-state index contributed by atoms with van der Waals surface area (Å²) in [5.74, 6) is 1.01. The zero-order chi connectivity index (χ0) is 9.03. The molecule has 0 radical (unpaired) electrons. The summed E-state index contributed by atoms with van der Waals surface area (Å²) in [5.41, 5.74) is 0. The molecular formula is C11H25P. The first kappa shape index (κ1) is 10.5. The molecule has 1 atom stereocenters. The maximum atomic E-state index is 2.57. The van der Waals surface area contributed by atoms with E-state index in [0.29, 0.717) is 0 Å². The van der Waals surface area contributed by atoms with E-state index in [1.807, 2.05) is 0 Å². The quantitative estimate of drug-likeness (QED) is 0.509. The molecule has 0 amide bonds. The molecule has 0 nitrogen and oxygen atoms in total. The zero-order valence-corrected chi connectivity index (χ0v) is 10.0. The average Bonchev–Trinajstić information content (AvgIpc) is 2.05. The van der Waals surface area contributed by atoms with E-state index >= 15 is 0 Å². The van der Waals surface area contributed by atoms with Crippen LogP contribution >= 0.6 is 7.26 Å². The van der Waals surface area contributed by atoms with Crippen molar-refractivity contribution >= 4 is 7.26 Å². The first-order valence-electron chi connectivity index (χ1n) is 5.60. The predicted molar refractivity (Wildman–Crippen MR) is 62.1 cm³/mol. The van der Waals surface area contributed by atoms with Gasteiger partial charge < -0.3 is 0 Å². The SMILES string of the molecule is CC1CCCCC[PH](C)(C)CC1. The zero-order valence-electron chi connectivity index (χ0n) is 9.03. The number of rotatable bonds is 0. The predicted octanol–water partition coefficient (Wildman–Crippen LogP) is 3.60. The summed E-state index contributed by atoms with van der Waals surface area (Å²) >= 11 is 0. The summed E-state index contributed by atoms with van der Waals surface area (Å²) in [6.07, 6.45) is 10.7. The second kappa shape index (κ2) is 4.61. The van der Waals surface area contributed by atoms with Gasteiger partial charge in [0.25, 0.3) is 0 Å². The summed E-state index contributed by atoms with van der Waals surface area (Å²) in [5, 5.41) is 0. The van der Waals surface area contributed by atoms with Crippen molar-refractivity contribution in [3.8, 4) is 0 Å². The van der Waals surface area contributed by atoms with Gasteiger partial charge in [-0.25, -0.2) is 0 Å². The molecule has 1 heteroatoms. The second-order valence-corrected chi connectivity index (χ2v) is 10.7. The van der Waals surface area contributed by atoms with Gasteiger partial charge in [-0.2, -0.15) is 0 Å². The van der Waals surface area contributed by atoms with Crippen LogP contribution < -0.4 is 0 Å². The summed E-state index contributed by atoms with van der Waals surface area (Å²) in [4.78, 5) is 0. The van der Waals surface area contributed by atoms with Gasteiger partial charge in [-0.3, -0.25) is 0 Å². The Morgan fingerprint density at radius 2 is 1.67 bits per heavy atom. The van der Waals surface area contributed by atoms with Crippen LogP contribution in [-0.2, 0) is 0 Å². The Morgan fingerprint density at radius 3 is 2.42 bits per heavy atom. The van der Waals surface area contributed by atoms with E-state index in [1.54, 1.807) is 12.3 Å². The van der Waals surface area contributed by atoms with E-state index < -0.39 is 7.26 Å². The summed E-state index contributed by atoms with van der Waals surface area (Å²) < 4.78 is 0. The van der Waals surface area contributed by atoms with Crippen LogP contribution in [0.4, 0.5) is 0 Å². The molecule has 0 spiro atoms. The molecule has 0 aliphatic carbocycles.